The second kappa shape index (κ2) is 13.0. The summed E-state index contributed by atoms with van der Waals surface area (Å²) in [5, 5.41) is 25.9. The van der Waals surface area contributed by atoms with E-state index in [2.05, 4.69) is 27.3 Å². The number of rotatable bonds is 6. The van der Waals surface area contributed by atoms with Crippen LogP contribution in [0.4, 0.5) is 19.5 Å². The van der Waals surface area contributed by atoms with Crippen molar-refractivity contribution in [3.05, 3.63) is 40.2 Å². The Bertz CT molecular complexity index is 2100. The molecule has 13 heteroatoms. The van der Waals surface area contributed by atoms with E-state index in [0.717, 1.165) is 56.4 Å². The Hall–Kier alpha value is -3.94. The lowest BCUT2D eigenvalue weighted by Gasteiger charge is -2.41. The molecule has 260 valence electrons. The van der Waals surface area contributed by atoms with Gasteiger partial charge in [-0.1, -0.05) is 17.7 Å². The van der Waals surface area contributed by atoms with Crippen LogP contribution in [0.1, 0.15) is 62.5 Å². The van der Waals surface area contributed by atoms with Crippen LogP contribution in [0.15, 0.2) is 18.2 Å². The van der Waals surface area contributed by atoms with Crippen molar-refractivity contribution >= 4 is 54.6 Å². The number of nitrogens with two attached hydrogens (primary N) is 1. The summed E-state index contributed by atoms with van der Waals surface area (Å²) in [6, 6.07) is 9.84. The van der Waals surface area contributed by atoms with Gasteiger partial charge in [0, 0.05) is 42.5 Å². The molecule has 1 aliphatic carbocycles. The number of fused-ring (bicyclic) bond motifs is 2. The number of anilines is 2. The summed E-state index contributed by atoms with van der Waals surface area (Å²) in [6.45, 7) is 2.46. The first-order chi connectivity index (χ1) is 24.3. The summed E-state index contributed by atoms with van der Waals surface area (Å²) in [5.74, 6) is 0.0857. The third-order valence-electron chi connectivity index (χ3n) is 11.3. The molecule has 0 spiro atoms. The van der Waals surface area contributed by atoms with Gasteiger partial charge in [0.1, 0.15) is 47.0 Å². The van der Waals surface area contributed by atoms with E-state index in [4.69, 9.17) is 31.8 Å². The maximum absolute atomic E-state index is 15.1. The van der Waals surface area contributed by atoms with Gasteiger partial charge in [0.15, 0.2) is 0 Å². The van der Waals surface area contributed by atoms with Crippen molar-refractivity contribution in [3.8, 4) is 34.9 Å². The number of ether oxygens (including phenoxy) is 2. The number of nitriles is 2. The zero-order valence-electron chi connectivity index (χ0n) is 27.8. The van der Waals surface area contributed by atoms with Gasteiger partial charge >= 0.3 is 0 Å². The SMILES string of the molecule is CNC1CCCC(N2CCCOc3c(Cl)c(-c4ccc(F)c5sc(N)c(C#N)c45)cc4nc(OCC56CCCN5C[C@H](F)C6)c(C#N)c2c34)C1. The highest BCUT2D eigenvalue weighted by Crippen LogP contribution is 2.51. The number of thiophene rings is 1. The molecule has 2 saturated heterocycles. The van der Waals surface area contributed by atoms with Crippen molar-refractivity contribution < 1.29 is 18.3 Å². The molecule has 2 aromatic carbocycles. The zero-order chi connectivity index (χ0) is 34.7. The lowest BCUT2D eigenvalue weighted by molar-refractivity contribution is 0.110. The molecule has 4 aliphatic rings. The number of nitrogens with one attached hydrogen (secondary N) is 1. The summed E-state index contributed by atoms with van der Waals surface area (Å²) in [6.07, 6.45) is 5.93. The fourth-order valence-electron chi connectivity index (χ4n) is 8.92. The van der Waals surface area contributed by atoms with Crippen LogP contribution in [0.3, 0.4) is 0 Å². The van der Waals surface area contributed by atoms with Crippen molar-refractivity contribution in [2.45, 2.75) is 75.2 Å². The Balaban J connectivity index is 1.37. The third-order valence-corrected chi connectivity index (χ3v) is 12.7. The largest absolute Gasteiger partial charge is 0.491 e. The van der Waals surface area contributed by atoms with E-state index in [1.165, 1.54) is 6.07 Å². The lowest BCUT2D eigenvalue weighted by Crippen LogP contribution is -2.45. The summed E-state index contributed by atoms with van der Waals surface area (Å²) in [4.78, 5) is 9.51. The van der Waals surface area contributed by atoms with E-state index in [1.54, 1.807) is 6.07 Å². The van der Waals surface area contributed by atoms with Gasteiger partial charge in [-0.05, 0) is 76.2 Å². The van der Waals surface area contributed by atoms with Gasteiger partial charge in [-0.3, -0.25) is 4.90 Å². The fraction of sp³-hybridized carbons (Fsp3) is 0.486. The molecule has 3 N–H and O–H groups in total. The highest BCUT2D eigenvalue weighted by molar-refractivity contribution is 7.23. The number of nitrogen functional groups attached to an aromatic ring is 1. The fourth-order valence-corrected chi connectivity index (χ4v) is 10.2. The Kier molecular flexibility index (Phi) is 8.63. The Morgan fingerprint density at radius 1 is 1.16 bits per heavy atom. The van der Waals surface area contributed by atoms with Crippen LogP contribution >= 0.6 is 22.9 Å². The molecule has 5 heterocycles. The van der Waals surface area contributed by atoms with Gasteiger partial charge in [0.2, 0.25) is 5.88 Å². The quantitative estimate of drug-likeness (QED) is 0.211. The third kappa shape index (κ3) is 5.31. The normalized spacial score (nSPS) is 25.2. The highest BCUT2D eigenvalue weighted by Gasteiger charge is 2.49. The van der Waals surface area contributed by atoms with E-state index < -0.39 is 17.5 Å². The topological polar surface area (TPSA) is 123 Å². The van der Waals surface area contributed by atoms with Gasteiger partial charge in [0.25, 0.3) is 0 Å². The standard InChI is InChI=1S/C37H38ClF2N7O2S/c1-44-21-5-2-6-22(13-21)47-11-4-12-48-33-30-28(14-24(31(33)38)23-7-8-27(40)34-29(23)25(16-41)35(43)50-34)45-36(26(17-42)32(30)47)49-19-37-9-3-10-46(37)18-20(39)15-37/h7-8,14,20-22,44H,2-6,9-13,15,18-19,43H2,1H3/t20-,21?,22?,37?/m1/s1. The second-order valence-electron chi connectivity index (χ2n) is 14.0. The Labute approximate surface area is 298 Å². The highest BCUT2D eigenvalue weighted by atomic mass is 35.5. The van der Waals surface area contributed by atoms with Crippen molar-refractivity contribution in [2.24, 2.45) is 0 Å². The Morgan fingerprint density at radius 2 is 2.00 bits per heavy atom. The lowest BCUT2D eigenvalue weighted by atomic mass is 9.88. The van der Waals surface area contributed by atoms with Crippen LogP contribution < -0.4 is 25.4 Å². The van der Waals surface area contributed by atoms with Crippen LogP contribution in [0.5, 0.6) is 11.6 Å². The van der Waals surface area contributed by atoms with Gasteiger partial charge in [-0.2, -0.15) is 10.5 Å². The zero-order valence-corrected chi connectivity index (χ0v) is 29.4. The average Bonchev–Trinajstić information content (AvgIpc) is 3.76. The molecule has 3 unspecified atom stereocenters. The number of benzene rings is 2. The second-order valence-corrected chi connectivity index (χ2v) is 15.5. The van der Waals surface area contributed by atoms with Gasteiger partial charge in [0.05, 0.1) is 44.0 Å². The molecule has 0 radical (unpaired) electrons. The predicted octanol–water partition coefficient (Wildman–Crippen LogP) is 7.31. The van der Waals surface area contributed by atoms with Crippen LogP contribution in [0.2, 0.25) is 5.02 Å². The van der Waals surface area contributed by atoms with Crippen LogP contribution in [0, 0.1) is 28.5 Å². The molecule has 0 bridgehead atoms. The minimum atomic E-state index is -0.921. The molecule has 50 heavy (non-hydrogen) atoms. The number of hydrogen-bond donors (Lipinski definition) is 2. The maximum Gasteiger partial charge on any atom is 0.234 e. The maximum atomic E-state index is 15.1. The molecule has 2 aromatic heterocycles. The molecule has 1 saturated carbocycles. The first-order valence-corrected chi connectivity index (χ1v) is 18.6. The molecule has 9 nitrogen and oxygen atoms in total. The number of pyridine rings is 1. The smallest absolute Gasteiger partial charge is 0.234 e. The molecule has 0 amide bonds. The summed E-state index contributed by atoms with van der Waals surface area (Å²) < 4.78 is 43.1. The monoisotopic (exact) mass is 717 g/mol. The molecule has 4 atom stereocenters. The Morgan fingerprint density at radius 3 is 2.80 bits per heavy atom. The number of alkyl halides is 1. The first kappa shape index (κ1) is 33.2. The van der Waals surface area contributed by atoms with Crippen molar-refractivity contribution in [3.63, 3.8) is 0 Å². The van der Waals surface area contributed by atoms with E-state index >= 15 is 4.39 Å². The molecule has 4 aromatic rings. The minimum absolute atomic E-state index is 0.144. The van der Waals surface area contributed by atoms with Gasteiger partial charge in [-0.15, -0.1) is 11.3 Å². The van der Waals surface area contributed by atoms with E-state index in [9.17, 15) is 14.9 Å². The molecule has 8 rings (SSSR count). The van der Waals surface area contributed by atoms with Crippen LogP contribution in [0.25, 0.3) is 32.1 Å². The first-order valence-electron chi connectivity index (χ1n) is 17.4. The van der Waals surface area contributed by atoms with Crippen molar-refractivity contribution in [2.75, 3.05) is 50.5 Å². The summed E-state index contributed by atoms with van der Waals surface area (Å²) in [5.41, 5.74) is 8.43. The van der Waals surface area contributed by atoms with Crippen LogP contribution in [-0.4, -0.2) is 73.6 Å². The molecule has 3 aliphatic heterocycles. The van der Waals surface area contributed by atoms with Crippen molar-refractivity contribution in [1.82, 2.24) is 15.2 Å². The number of aromatic nitrogens is 1. The van der Waals surface area contributed by atoms with E-state index in [-0.39, 0.29) is 38.8 Å². The molecular weight excluding hydrogens is 680 g/mol. The van der Waals surface area contributed by atoms with Gasteiger partial charge < -0.3 is 25.4 Å². The molecule has 3 fully saturated rings. The number of nitrogens with zero attached hydrogens (tertiary/aromatic N) is 5. The number of hydrogen-bond acceptors (Lipinski definition) is 10. The molecular formula is C37H38ClF2N7O2S. The van der Waals surface area contributed by atoms with Gasteiger partial charge in [-0.25, -0.2) is 13.8 Å². The van der Waals surface area contributed by atoms with Crippen LogP contribution in [-0.2, 0) is 0 Å². The average molecular weight is 718 g/mol. The van der Waals surface area contributed by atoms with E-state index in [1.807, 2.05) is 13.1 Å². The summed E-state index contributed by atoms with van der Waals surface area (Å²) >= 11 is 8.31. The van der Waals surface area contributed by atoms with Crippen molar-refractivity contribution in [1.29, 1.82) is 10.5 Å². The van der Waals surface area contributed by atoms with E-state index in [0.29, 0.717) is 83.0 Å². The number of halogens is 3. The predicted molar refractivity (Wildman–Crippen MR) is 192 cm³/mol. The summed E-state index contributed by atoms with van der Waals surface area (Å²) in [7, 11) is 1.99. The minimum Gasteiger partial charge on any atom is -0.491 e.